The number of Topliss-reactive ketones (excluding diaryl/α,β-unsaturated/α-hetero) is 1. The van der Waals surface area contributed by atoms with Crippen molar-refractivity contribution in [3.8, 4) is 0 Å². The molecule has 2 heterocycles. The van der Waals surface area contributed by atoms with Crippen molar-refractivity contribution in [1.29, 1.82) is 0 Å². The third kappa shape index (κ3) is 3.48. The van der Waals surface area contributed by atoms with Gasteiger partial charge in [0.25, 0.3) is 0 Å². The molecule has 1 unspecified atom stereocenters. The van der Waals surface area contributed by atoms with E-state index in [-0.39, 0.29) is 17.3 Å². The highest BCUT2D eigenvalue weighted by molar-refractivity contribution is 7.99. The van der Waals surface area contributed by atoms with Crippen molar-refractivity contribution in [2.45, 2.75) is 75.4 Å². The van der Waals surface area contributed by atoms with Crippen molar-refractivity contribution in [2.24, 2.45) is 5.92 Å². The maximum atomic E-state index is 12.9. The Morgan fingerprint density at radius 1 is 1.05 bits per heavy atom. The number of thioether (sulfide) groups is 1. The van der Waals surface area contributed by atoms with Gasteiger partial charge < -0.3 is 9.84 Å². The molecule has 4 heteroatoms. The second-order valence-corrected chi connectivity index (χ2v) is 8.37. The average Bonchev–Trinajstić information content (AvgIpc) is 2.73. The van der Waals surface area contributed by atoms with Crippen LogP contribution < -0.4 is 0 Å². The Kier molecular flexibility index (Phi) is 4.97. The molecule has 0 aromatic rings. The van der Waals surface area contributed by atoms with E-state index in [1.54, 1.807) is 0 Å². The predicted molar refractivity (Wildman–Crippen MR) is 85.6 cm³/mol. The molecule has 120 valence electrons. The topological polar surface area (TPSA) is 46.5 Å². The molecule has 1 spiro atoms. The quantitative estimate of drug-likeness (QED) is 0.795. The normalized spacial score (nSPS) is 32.5. The molecule has 3 aliphatic rings. The highest BCUT2D eigenvalue weighted by Gasteiger charge is 2.46. The molecule has 3 fully saturated rings. The standard InChI is InChI=1S/C17H28O3S/c18-15(17(19)6-3-1-2-4-7-17)14-5-10-20-16(13-14)8-11-21-12-9-16/h14,19H,1-13H2. The van der Waals surface area contributed by atoms with E-state index in [0.717, 1.165) is 62.9 Å². The van der Waals surface area contributed by atoms with Crippen molar-refractivity contribution >= 4 is 17.5 Å². The van der Waals surface area contributed by atoms with Crippen LogP contribution in [0.5, 0.6) is 0 Å². The molecule has 2 aliphatic heterocycles. The van der Waals surface area contributed by atoms with E-state index in [2.05, 4.69) is 0 Å². The van der Waals surface area contributed by atoms with E-state index < -0.39 is 5.60 Å². The molecule has 21 heavy (non-hydrogen) atoms. The molecule has 2 saturated heterocycles. The maximum absolute atomic E-state index is 12.9. The second kappa shape index (κ2) is 6.59. The fourth-order valence-electron chi connectivity index (χ4n) is 4.28. The molecule has 3 rings (SSSR count). The Morgan fingerprint density at radius 3 is 2.38 bits per heavy atom. The summed E-state index contributed by atoms with van der Waals surface area (Å²) in [4.78, 5) is 12.9. The first kappa shape index (κ1) is 15.8. The Hall–Kier alpha value is -0.0600. The van der Waals surface area contributed by atoms with Crippen LogP contribution in [-0.4, -0.2) is 40.2 Å². The van der Waals surface area contributed by atoms with Gasteiger partial charge in [0.1, 0.15) is 5.60 Å². The lowest BCUT2D eigenvalue weighted by molar-refractivity contribution is -0.156. The Balaban J connectivity index is 1.68. The van der Waals surface area contributed by atoms with E-state index in [1.807, 2.05) is 11.8 Å². The lowest BCUT2D eigenvalue weighted by Gasteiger charge is -2.44. The molecule has 1 saturated carbocycles. The minimum absolute atomic E-state index is 0.0185. The van der Waals surface area contributed by atoms with Crippen molar-refractivity contribution in [1.82, 2.24) is 0 Å². The zero-order valence-corrected chi connectivity index (χ0v) is 13.8. The lowest BCUT2D eigenvalue weighted by atomic mass is 9.74. The van der Waals surface area contributed by atoms with Crippen LogP contribution in [0.15, 0.2) is 0 Å². The molecule has 0 amide bonds. The van der Waals surface area contributed by atoms with Gasteiger partial charge in [0.05, 0.1) is 5.60 Å². The number of aliphatic hydroxyl groups is 1. The number of carbonyl (C=O) groups is 1. The summed E-state index contributed by atoms with van der Waals surface area (Å²) in [7, 11) is 0. The summed E-state index contributed by atoms with van der Waals surface area (Å²) in [6, 6.07) is 0. The van der Waals surface area contributed by atoms with Gasteiger partial charge in [0.2, 0.25) is 0 Å². The zero-order valence-electron chi connectivity index (χ0n) is 12.9. The zero-order chi connectivity index (χ0) is 14.8. The number of hydrogen-bond donors (Lipinski definition) is 1. The van der Waals surface area contributed by atoms with Crippen LogP contribution in [0.2, 0.25) is 0 Å². The lowest BCUT2D eigenvalue weighted by Crippen LogP contribution is -2.49. The monoisotopic (exact) mass is 312 g/mol. The van der Waals surface area contributed by atoms with Gasteiger partial charge in [-0.15, -0.1) is 0 Å². The molecule has 0 aromatic heterocycles. The van der Waals surface area contributed by atoms with E-state index in [4.69, 9.17) is 4.74 Å². The van der Waals surface area contributed by atoms with E-state index in [0.29, 0.717) is 19.4 Å². The molecule has 0 bridgehead atoms. The number of ether oxygens (including phenoxy) is 1. The van der Waals surface area contributed by atoms with Crippen LogP contribution in [0.1, 0.15) is 64.2 Å². The van der Waals surface area contributed by atoms with Crippen LogP contribution in [0.3, 0.4) is 0 Å². The number of carbonyl (C=O) groups excluding carboxylic acids is 1. The highest BCUT2D eigenvalue weighted by atomic mass is 32.2. The van der Waals surface area contributed by atoms with Crippen molar-refractivity contribution < 1.29 is 14.6 Å². The summed E-state index contributed by atoms with van der Waals surface area (Å²) < 4.78 is 6.08. The third-order valence-corrected chi connectivity index (χ3v) is 6.64. The fraction of sp³-hybridized carbons (Fsp3) is 0.941. The van der Waals surface area contributed by atoms with Gasteiger partial charge in [-0.25, -0.2) is 0 Å². The molecule has 1 aliphatic carbocycles. The van der Waals surface area contributed by atoms with Gasteiger partial charge in [-0.05, 0) is 50.0 Å². The first-order valence-corrected chi connectivity index (χ1v) is 9.78. The van der Waals surface area contributed by atoms with E-state index in [1.165, 1.54) is 0 Å². The highest BCUT2D eigenvalue weighted by Crippen LogP contribution is 2.42. The number of ketones is 1. The first-order chi connectivity index (χ1) is 10.1. The summed E-state index contributed by atoms with van der Waals surface area (Å²) in [6.45, 7) is 0.692. The molecule has 3 nitrogen and oxygen atoms in total. The van der Waals surface area contributed by atoms with Gasteiger partial charge in [-0.1, -0.05) is 25.7 Å². The molecular formula is C17H28O3S. The SMILES string of the molecule is O=C(C1CCOC2(CCSCC2)C1)C1(O)CCCCCC1. The average molecular weight is 312 g/mol. The van der Waals surface area contributed by atoms with Crippen molar-refractivity contribution in [2.75, 3.05) is 18.1 Å². The largest absolute Gasteiger partial charge is 0.382 e. The summed E-state index contributed by atoms with van der Waals surface area (Å²) in [5, 5.41) is 10.9. The van der Waals surface area contributed by atoms with Gasteiger partial charge in [-0.2, -0.15) is 11.8 Å². The fourth-order valence-corrected chi connectivity index (χ4v) is 5.52. The smallest absolute Gasteiger partial charge is 0.167 e. The second-order valence-electron chi connectivity index (χ2n) is 7.14. The summed E-state index contributed by atoms with van der Waals surface area (Å²) in [5.74, 6) is 2.44. The summed E-state index contributed by atoms with van der Waals surface area (Å²) in [5.41, 5.74) is -1.10. The van der Waals surface area contributed by atoms with Crippen LogP contribution >= 0.6 is 11.8 Å². The van der Waals surface area contributed by atoms with Crippen molar-refractivity contribution in [3.05, 3.63) is 0 Å². The van der Waals surface area contributed by atoms with E-state index in [9.17, 15) is 9.90 Å². The predicted octanol–water partition coefficient (Wildman–Crippen LogP) is 3.33. The maximum Gasteiger partial charge on any atom is 0.167 e. The Morgan fingerprint density at radius 2 is 1.71 bits per heavy atom. The van der Waals surface area contributed by atoms with Crippen LogP contribution in [-0.2, 0) is 9.53 Å². The Labute approximate surface area is 132 Å². The van der Waals surface area contributed by atoms with Crippen LogP contribution in [0.4, 0.5) is 0 Å². The minimum Gasteiger partial charge on any atom is -0.382 e. The van der Waals surface area contributed by atoms with Crippen molar-refractivity contribution in [3.63, 3.8) is 0 Å². The molecule has 1 N–H and O–H groups in total. The summed E-state index contributed by atoms with van der Waals surface area (Å²) >= 11 is 1.99. The molecular weight excluding hydrogens is 284 g/mol. The number of rotatable bonds is 2. The van der Waals surface area contributed by atoms with Gasteiger partial charge in [0.15, 0.2) is 5.78 Å². The van der Waals surface area contributed by atoms with Gasteiger partial charge in [-0.3, -0.25) is 4.79 Å². The third-order valence-electron chi connectivity index (χ3n) is 5.66. The first-order valence-electron chi connectivity index (χ1n) is 8.62. The van der Waals surface area contributed by atoms with Gasteiger partial charge >= 0.3 is 0 Å². The van der Waals surface area contributed by atoms with Crippen LogP contribution in [0.25, 0.3) is 0 Å². The van der Waals surface area contributed by atoms with Crippen LogP contribution in [0, 0.1) is 5.92 Å². The molecule has 1 atom stereocenters. The molecule has 0 radical (unpaired) electrons. The van der Waals surface area contributed by atoms with Gasteiger partial charge in [0, 0.05) is 12.5 Å². The van der Waals surface area contributed by atoms with E-state index >= 15 is 0 Å². The molecule has 0 aromatic carbocycles. The minimum atomic E-state index is -1.04. The Bertz CT molecular complexity index is 363. The number of hydrogen-bond acceptors (Lipinski definition) is 4. The summed E-state index contributed by atoms with van der Waals surface area (Å²) in [6.07, 6.45) is 9.43.